The Morgan fingerprint density at radius 2 is 1.68 bits per heavy atom. The van der Waals surface area contributed by atoms with Gasteiger partial charge in [-0.25, -0.2) is 12.7 Å². The summed E-state index contributed by atoms with van der Waals surface area (Å²) < 4.78 is 33.0. The lowest BCUT2D eigenvalue weighted by molar-refractivity contribution is -0.122. The van der Waals surface area contributed by atoms with Gasteiger partial charge in [0.15, 0.2) is 0 Å². The van der Waals surface area contributed by atoms with Gasteiger partial charge in [0, 0.05) is 45.2 Å². The first-order valence-electron chi connectivity index (χ1n) is 15.3. The van der Waals surface area contributed by atoms with E-state index in [1.54, 1.807) is 40.1 Å². The summed E-state index contributed by atoms with van der Waals surface area (Å²) >= 11 is 0. The summed E-state index contributed by atoms with van der Waals surface area (Å²) in [6, 6.07) is 4.28. The summed E-state index contributed by atoms with van der Waals surface area (Å²) in [5.41, 5.74) is 1.77. The van der Waals surface area contributed by atoms with E-state index >= 15 is 0 Å². The molecule has 0 unspecified atom stereocenters. The average Bonchev–Trinajstić information content (AvgIpc) is 3.25. The molecule has 226 valence electrons. The molecule has 0 bridgehead atoms. The smallest absolute Gasteiger partial charge is 0.243 e. The van der Waals surface area contributed by atoms with Crippen molar-refractivity contribution in [3.05, 3.63) is 23.3 Å². The maximum Gasteiger partial charge on any atom is 0.243 e. The number of aryl methyl sites for hydroxylation is 2. The van der Waals surface area contributed by atoms with E-state index in [9.17, 15) is 13.2 Å². The zero-order valence-corrected chi connectivity index (χ0v) is 26.5. The SMILES string of the molecule is COc1cc(C)c(S(=O)(=O)N(C)CCC(=O)N[C@H]2CC[C@H](N3CCC(CN4CCC(C)(C)C4)CC3)CC2)c(C)c1. The molecule has 3 fully saturated rings. The number of ether oxygens (including phenoxy) is 1. The molecule has 0 atom stereocenters. The standard InChI is InChI=1S/C31H52N4O4S/c1-23-19-28(39-6)20-24(2)30(23)40(37,38)33(5)15-13-29(36)32-26-7-9-27(10-8-26)35-16-11-25(12-17-35)21-34-18-14-31(3,4)22-34/h19-20,25-27H,7-18,21-22H2,1-6H3,(H,32,36)/t26-,27-. The number of methoxy groups -OCH3 is 1. The van der Waals surface area contributed by atoms with Crippen molar-refractivity contribution in [2.75, 3.05) is 53.4 Å². The molecule has 2 saturated heterocycles. The van der Waals surface area contributed by atoms with E-state index in [1.165, 1.54) is 56.3 Å². The summed E-state index contributed by atoms with van der Waals surface area (Å²) in [7, 11) is -0.584. The van der Waals surface area contributed by atoms with Crippen molar-refractivity contribution in [1.29, 1.82) is 0 Å². The second kappa shape index (κ2) is 13.1. The molecular weight excluding hydrogens is 524 g/mol. The second-order valence-electron chi connectivity index (χ2n) is 13.4. The highest BCUT2D eigenvalue weighted by Gasteiger charge is 2.33. The molecule has 1 N–H and O–H groups in total. The first-order chi connectivity index (χ1) is 18.9. The minimum absolute atomic E-state index is 0.0698. The van der Waals surface area contributed by atoms with E-state index in [-0.39, 0.29) is 24.9 Å². The van der Waals surface area contributed by atoms with Crippen LogP contribution in [0.3, 0.4) is 0 Å². The number of sulfonamides is 1. The minimum Gasteiger partial charge on any atom is -0.497 e. The fraction of sp³-hybridized carbons (Fsp3) is 0.774. The summed E-state index contributed by atoms with van der Waals surface area (Å²) in [5.74, 6) is 1.40. The number of nitrogens with zero attached hydrogens (tertiary/aromatic N) is 3. The molecule has 40 heavy (non-hydrogen) atoms. The third kappa shape index (κ3) is 7.78. The molecule has 2 heterocycles. The Kier molecular flexibility index (Phi) is 10.2. The van der Waals surface area contributed by atoms with Crippen molar-refractivity contribution in [2.45, 2.75) is 96.0 Å². The predicted octanol–water partition coefficient (Wildman–Crippen LogP) is 4.19. The van der Waals surface area contributed by atoms with E-state index in [0.717, 1.165) is 31.6 Å². The molecule has 0 aromatic heterocycles. The van der Waals surface area contributed by atoms with E-state index in [1.807, 2.05) is 0 Å². The van der Waals surface area contributed by atoms with Crippen LogP contribution in [-0.2, 0) is 14.8 Å². The number of nitrogens with one attached hydrogen (secondary N) is 1. The van der Waals surface area contributed by atoms with Gasteiger partial charge in [0.2, 0.25) is 15.9 Å². The third-order valence-electron chi connectivity index (χ3n) is 9.49. The molecular formula is C31H52N4O4S. The molecule has 3 aliphatic rings. The van der Waals surface area contributed by atoms with Gasteiger partial charge in [-0.1, -0.05) is 13.8 Å². The normalized spacial score (nSPS) is 24.9. The number of rotatable bonds is 10. The molecule has 1 saturated carbocycles. The highest BCUT2D eigenvalue weighted by atomic mass is 32.2. The fourth-order valence-corrected chi connectivity index (χ4v) is 8.68. The molecule has 0 spiro atoms. The van der Waals surface area contributed by atoms with Crippen LogP contribution in [-0.4, -0.2) is 93.9 Å². The zero-order chi connectivity index (χ0) is 29.1. The van der Waals surface area contributed by atoms with Gasteiger partial charge in [0.25, 0.3) is 0 Å². The highest BCUT2D eigenvalue weighted by Crippen LogP contribution is 2.32. The van der Waals surface area contributed by atoms with Crippen LogP contribution < -0.4 is 10.1 Å². The summed E-state index contributed by atoms with van der Waals surface area (Å²) in [6.07, 6.45) is 8.34. The molecule has 1 aromatic rings. The van der Waals surface area contributed by atoms with E-state index in [0.29, 0.717) is 33.2 Å². The highest BCUT2D eigenvalue weighted by molar-refractivity contribution is 7.89. The lowest BCUT2D eigenvalue weighted by Gasteiger charge is -2.41. The van der Waals surface area contributed by atoms with Crippen molar-refractivity contribution >= 4 is 15.9 Å². The van der Waals surface area contributed by atoms with Crippen LogP contribution in [0.4, 0.5) is 0 Å². The van der Waals surface area contributed by atoms with Crippen LogP contribution in [0.15, 0.2) is 17.0 Å². The van der Waals surface area contributed by atoms with Crippen molar-refractivity contribution in [3.8, 4) is 5.75 Å². The number of hydrogen-bond acceptors (Lipinski definition) is 6. The first kappa shape index (κ1) is 31.3. The van der Waals surface area contributed by atoms with Gasteiger partial charge in [-0.15, -0.1) is 0 Å². The van der Waals surface area contributed by atoms with Gasteiger partial charge in [-0.05, 0) is 113 Å². The molecule has 2 aliphatic heterocycles. The van der Waals surface area contributed by atoms with E-state index in [4.69, 9.17) is 4.74 Å². The molecule has 1 aromatic carbocycles. The number of benzene rings is 1. The van der Waals surface area contributed by atoms with Crippen molar-refractivity contribution in [3.63, 3.8) is 0 Å². The molecule has 1 amide bonds. The lowest BCUT2D eigenvalue weighted by Crippen LogP contribution is -2.47. The van der Waals surface area contributed by atoms with Crippen molar-refractivity contribution in [2.24, 2.45) is 11.3 Å². The Morgan fingerprint density at radius 3 is 2.23 bits per heavy atom. The van der Waals surface area contributed by atoms with Crippen LogP contribution in [0.25, 0.3) is 0 Å². The van der Waals surface area contributed by atoms with Gasteiger partial charge >= 0.3 is 0 Å². The summed E-state index contributed by atoms with van der Waals surface area (Å²) in [6.45, 7) is 14.7. The first-order valence-corrected chi connectivity index (χ1v) is 16.7. The number of amides is 1. The fourth-order valence-electron chi connectivity index (χ4n) is 7.10. The maximum atomic E-state index is 13.2. The Balaban J connectivity index is 1.16. The van der Waals surface area contributed by atoms with Gasteiger partial charge in [0.1, 0.15) is 5.75 Å². The number of carbonyl (C=O) groups excluding carboxylic acids is 1. The summed E-state index contributed by atoms with van der Waals surface area (Å²) in [4.78, 5) is 18.4. The van der Waals surface area contributed by atoms with Crippen molar-refractivity contribution < 1.29 is 17.9 Å². The Hall–Kier alpha value is -1.68. The monoisotopic (exact) mass is 576 g/mol. The quantitative estimate of drug-likeness (QED) is 0.450. The zero-order valence-electron chi connectivity index (χ0n) is 25.7. The molecule has 1 aliphatic carbocycles. The third-order valence-corrected chi connectivity index (χ3v) is 11.7. The molecule has 8 nitrogen and oxygen atoms in total. The molecule has 4 rings (SSSR count). The number of hydrogen-bond donors (Lipinski definition) is 1. The largest absolute Gasteiger partial charge is 0.497 e. The topological polar surface area (TPSA) is 82.2 Å². The van der Waals surface area contributed by atoms with E-state index < -0.39 is 10.0 Å². The van der Waals surface area contributed by atoms with Crippen LogP contribution in [0.1, 0.15) is 76.3 Å². The van der Waals surface area contributed by atoms with Crippen LogP contribution in [0.2, 0.25) is 0 Å². The van der Waals surface area contributed by atoms with Crippen LogP contribution >= 0.6 is 0 Å². The predicted molar refractivity (Wildman–Crippen MR) is 160 cm³/mol. The Bertz CT molecular complexity index is 1100. The number of likely N-dealkylation sites (tertiary alicyclic amines) is 2. The average molecular weight is 577 g/mol. The van der Waals surface area contributed by atoms with E-state index in [2.05, 4.69) is 29.0 Å². The number of piperidine rings is 1. The van der Waals surface area contributed by atoms with Crippen LogP contribution in [0, 0.1) is 25.2 Å². The van der Waals surface area contributed by atoms with Crippen molar-refractivity contribution in [1.82, 2.24) is 19.4 Å². The maximum absolute atomic E-state index is 13.2. The number of carbonyl (C=O) groups is 1. The van der Waals surface area contributed by atoms with Gasteiger partial charge in [-0.2, -0.15) is 0 Å². The lowest BCUT2D eigenvalue weighted by atomic mass is 9.87. The Labute approximate surface area is 242 Å². The Morgan fingerprint density at radius 1 is 1.05 bits per heavy atom. The molecule has 0 radical (unpaired) electrons. The van der Waals surface area contributed by atoms with Gasteiger partial charge < -0.3 is 19.9 Å². The molecule has 9 heteroatoms. The second-order valence-corrected chi connectivity index (χ2v) is 15.4. The minimum atomic E-state index is -3.70. The van der Waals surface area contributed by atoms with Gasteiger partial charge in [0.05, 0.1) is 12.0 Å². The van der Waals surface area contributed by atoms with Crippen LogP contribution in [0.5, 0.6) is 5.75 Å². The summed E-state index contributed by atoms with van der Waals surface area (Å²) in [5, 5.41) is 3.18. The van der Waals surface area contributed by atoms with Gasteiger partial charge in [-0.3, -0.25) is 4.79 Å².